The third-order valence-corrected chi connectivity index (χ3v) is 2.97. The smallest absolute Gasteiger partial charge is 0.180 e. The molecule has 18 heavy (non-hydrogen) atoms. The first-order chi connectivity index (χ1) is 8.76. The Balaban J connectivity index is 2.10. The average molecular weight is 259 g/mol. The Hall–Kier alpha value is -2.07. The van der Waals surface area contributed by atoms with Gasteiger partial charge in [0.2, 0.25) is 0 Å². The Morgan fingerprint density at radius 1 is 1.06 bits per heavy atom. The summed E-state index contributed by atoms with van der Waals surface area (Å²) in [5, 5.41) is 3.71. The minimum Gasteiger partial charge on any atom is -0.373 e. The lowest BCUT2D eigenvalue weighted by atomic mass is 10.2. The maximum Gasteiger partial charge on any atom is 0.180 e. The van der Waals surface area contributed by atoms with Crippen LogP contribution in [-0.4, -0.2) is 22.0 Å². The predicted octanol–water partition coefficient (Wildman–Crippen LogP) is 3.32. The molecule has 0 spiro atoms. The number of benzene rings is 1. The first-order valence-corrected chi connectivity index (χ1v) is 5.94. The van der Waals surface area contributed by atoms with Gasteiger partial charge in [-0.15, -0.1) is 0 Å². The van der Waals surface area contributed by atoms with Crippen molar-refractivity contribution in [2.45, 2.75) is 0 Å². The van der Waals surface area contributed by atoms with E-state index in [9.17, 15) is 0 Å². The summed E-state index contributed by atoms with van der Waals surface area (Å²) >= 11 is 5.87. The fourth-order valence-corrected chi connectivity index (χ4v) is 1.90. The summed E-state index contributed by atoms with van der Waals surface area (Å²) in [6, 6.07) is 11.4. The summed E-state index contributed by atoms with van der Waals surface area (Å²) in [7, 11) is 1.83. The van der Waals surface area contributed by atoms with E-state index in [1.165, 1.54) is 0 Å². The molecule has 3 rings (SSSR count). The molecule has 0 aliphatic heterocycles. The number of hydrogen-bond donors (Lipinski definition) is 2. The lowest BCUT2D eigenvalue weighted by Gasteiger charge is -1.95. The Bertz CT molecular complexity index is 688. The highest BCUT2D eigenvalue weighted by molar-refractivity contribution is 6.30. The molecule has 90 valence electrons. The van der Waals surface area contributed by atoms with Crippen molar-refractivity contribution in [1.82, 2.24) is 15.0 Å². The van der Waals surface area contributed by atoms with E-state index in [1.807, 2.05) is 43.4 Å². The molecule has 0 amide bonds. The van der Waals surface area contributed by atoms with E-state index < -0.39 is 0 Å². The highest BCUT2D eigenvalue weighted by Crippen LogP contribution is 2.22. The summed E-state index contributed by atoms with van der Waals surface area (Å²) in [5.74, 6) is 1.60. The van der Waals surface area contributed by atoms with E-state index >= 15 is 0 Å². The zero-order chi connectivity index (χ0) is 12.5. The number of nitrogens with one attached hydrogen (secondary N) is 2. The Morgan fingerprint density at radius 2 is 1.83 bits per heavy atom. The summed E-state index contributed by atoms with van der Waals surface area (Å²) < 4.78 is 0. The molecule has 4 nitrogen and oxygen atoms in total. The number of imidazole rings is 1. The number of aromatic amines is 1. The number of nitrogens with zero attached hydrogens (tertiary/aromatic N) is 2. The molecule has 0 saturated carbocycles. The van der Waals surface area contributed by atoms with Crippen LogP contribution in [0.4, 0.5) is 5.82 Å². The van der Waals surface area contributed by atoms with Gasteiger partial charge in [0.15, 0.2) is 5.65 Å². The quantitative estimate of drug-likeness (QED) is 0.741. The molecule has 0 unspecified atom stereocenters. The van der Waals surface area contributed by atoms with Gasteiger partial charge < -0.3 is 10.3 Å². The number of pyridine rings is 1. The summed E-state index contributed by atoms with van der Waals surface area (Å²) in [6.07, 6.45) is 0. The van der Waals surface area contributed by atoms with Crippen LogP contribution in [0.15, 0.2) is 36.4 Å². The van der Waals surface area contributed by atoms with Crippen LogP contribution in [-0.2, 0) is 0 Å². The fraction of sp³-hybridized carbons (Fsp3) is 0.0769. The number of aromatic nitrogens is 3. The minimum absolute atomic E-state index is 0.701. The Kier molecular flexibility index (Phi) is 2.64. The second-order valence-electron chi connectivity index (χ2n) is 3.91. The molecular weight excluding hydrogens is 248 g/mol. The van der Waals surface area contributed by atoms with Crippen molar-refractivity contribution in [3.05, 3.63) is 41.4 Å². The first-order valence-electron chi connectivity index (χ1n) is 5.57. The van der Waals surface area contributed by atoms with Crippen LogP contribution in [0, 0.1) is 0 Å². The Morgan fingerprint density at radius 3 is 2.56 bits per heavy atom. The second-order valence-corrected chi connectivity index (χ2v) is 4.35. The zero-order valence-electron chi connectivity index (χ0n) is 9.74. The first kappa shape index (κ1) is 11.0. The number of hydrogen-bond acceptors (Lipinski definition) is 3. The van der Waals surface area contributed by atoms with Gasteiger partial charge in [-0.3, -0.25) is 0 Å². The van der Waals surface area contributed by atoms with Crippen LogP contribution >= 0.6 is 11.6 Å². The molecule has 2 heterocycles. The van der Waals surface area contributed by atoms with E-state index in [4.69, 9.17) is 11.6 Å². The van der Waals surface area contributed by atoms with Crippen LogP contribution in [0.2, 0.25) is 5.02 Å². The van der Waals surface area contributed by atoms with Gasteiger partial charge in [0.1, 0.15) is 11.6 Å². The molecule has 5 heteroatoms. The lowest BCUT2D eigenvalue weighted by Crippen LogP contribution is -1.91. The number of H-pyrrole nitrogens is 1. The fourth-order valence-electron chi connectivity index (χ4n) is 1.78. The van der Waals surface area contributed by atoms with Crippen LogP contribution in [0.25, 0.3) is 22.6 Å². The van der Waals surface area contributed by atoms with Crippen molar-refractivity contribution >= 4 is 28.6 Å². The van der Waals surface area contributed by atoms with Crippen molar-refractivity contribution in [2.75, 3.05) is 12.4 Å². The van der Waals surface area contributed by atoms with Gasteiger partial charge in [0.05, 0.1) is 5.52 Å². The van der Waals surface area contributed by atoms with Crippen molar-refractivity contribution < 1.29 is 0 Å². The molecule has 0 fully saturated rings. The number of fused-ring (bicyclic) bond motifs is 1. The van der Waals surface area contributed by atoms with Gasteiger partial charge in [-0.25, -0.2) is 9.97 Å². The number of halogens is 1. The van der Waals surface area contributed by atoms with E-state index in [0.29, 0.717) is 10.7 Å². The number of rotatable bonds is 2. The molecule has 0 bridgehead atoms. The van der Waals surface area contributed by atoms with E-state index in [-0.39, 0.29) is 0 Å². The molecule has 0 radical (unpaired) electrons. The Labute approximate surface area is 109 Å². The molecule has 0 aliphatic carbocycles. The molecule has 3 aromatic rings. The van der Waals surface area contributed by atoms with Gasteiger partial charge in [0, 0.05) is 17.6 Å². The maximum atomic E-state index is 5.87. The van der Waals surface area contributed by atoms with Crippen LogP contribution in [0.5, 0.6) is 0 Å². The molecule has 0 saturated heterocycles. The van der Waals surface area contributed by atoms with Gasteiger partial charge in [-0.05, 0) is 36.4 Å². The van der Waals surface area contributed by atoms with Gasteiger partial charge in [0.25, 0.3) is 0 Å². The topological polar surface area (TPSA) is 53.6 Å². The van der Waals surface area contributed by atoms with Crippen molar-refractivity contribution in [1.29, 1.82) is 0 Å². The third kappa shape index (κ3) is 1.91. The van der Waals surface area contributed by atoms with Crippen molar-refractivity contribution in [2.24, 2.45) is 0 Å². The minimum atomic E-state index is 0.701. The normalized spacial score (nSPS) is 10.8. The zero-order valence-corrected chi connectivity index (χ0v) is 10.5. The largest absolute Gasteiger partial charge is 0.373 e. The molecule has 2 aromatic heterocycles. The van der Waals surface area contributed by atoms with Gasteiger partial charge in [-0.2, -0.15) is 0 Å². The monoisotopic (exact) mass is 258 g/mol. The molecule has 0 atom stereocenters. The summed E-state index contributed by atoms with van der Waals surface area (Å²) in [4.78, 5) is 12.1. The summed E-state index contributed by atoms with van der Waals surface area (Å²) in [5.41, 5.74) is 2.61. The molecule has 1 aromatic carbocycles. The van der Waals surface area contributed by atoms with Crippen LogP contribution in [0.1, 0.15) is 0 Å². The standard InChI is InChI=1S/C13H11ClN4/c1-15-11-7-6-10-13(17-11)18-12(16-10)8-2-4-9(14)5-3-8/h2-7H,1H3,(H2,15,16,17,18). The van der Waals surface area contributed by atoms with Gasteiger partial charge >= 0.3 is 0 Å². The third-order valence-electron chi connectivity index (χ3n) is 2.72. The molecular formula is C13H11ClN4. The van der Waals surface area contributed by atoms with E-state index in [0.717, 1.165) is 22.7 Å². The van der Waals surface area contributed by atoms with E-state index in [2.05, 4.69) is 20.3 Å². The second kappa shape index (κ2) is 4.31. The van der Waals surface area contributed by atoms with Crippen LogP contribution < -0.4 is 5.32 Å². The highest BCUT2D eigenvalue weighted by atomic mass is 35.5. The molecule has 0 aliphatic rings. The van der Waals surface area contributed by atoms with E-state index in [1.54, 1.807) is 0 Å². The maximum absolute atomic E-state index is 5.87. The number of anilines is 1. The average Bonchev–Trinajstić information content (AvgIpc) is 2.82. The predicted molar refractivity (Wildman–Crippen MR) is 73.9 cm³/mol. The summed E-state index contributed by atoms with van der Waals surface area (Å²) in [6.45, 7) is 0. The highest BCUT2D eigenvalue weighted by Gasteiger charge is 2.06. The SMILES string of the molecule is CNc1ccc2[nH]c(-c3ccc(Cl)cc3)nc2n1. The lowest BCUT2D eigenvalue weighted by molar-refractivity contribution is 1.28. The van der Waals surface area contributed by atoms with Crippen molar-refractivity contribution in [3.63, 3.8) is 0 Å². The van der Waals surface area contributed by atoms with Crippen LogP contribution in [0.3, 0.4) is 0 Å². The van der Waals surface area contributed by atoms with Crippen molar-refractivity contribution in [3.8, 4) is 11.4 Å². The van der Waals surface area contributed by atoms with Gasteiger partial charge in [-0.1, -0.05) is 11.6 Å². The molecule has 2 N–H and O–H groups in total.